The number of carbonyl (C=O) groups excluding carboxylic acids is 2. The maximum Gasteiger partial charge on any atom is 0.414 e. The molecule has 0 aliphatic carbocycles. The zero-order valence-corrected chi connectivity index (χ0v) is 10.6. The normalized spacial score (nSPS) is 18.7. The van der Waals surface area contributed by atoms with Gasteiger partial charge in [-0.05, 0) is 12.0 Å². The quantitative estimate of drug-likeness (QED) is 0.612. The molecular formula is C14H15NO4. The average molecular weight is 261 g/mol. The molecule has 100 valence electrons. The van der Waals surface area contributed by atoms with E-state index in [1.165, 1.54) is 24.3 Å². The van der Waals surface area contributed by atoms with E-state index in [1.807, 2.05) is 30.3 Å². The van der Waals surface area contributed by atoms with Crippen molar-refractivity contribution in [3.63, 3.8) is 0 Å². The van der Waals surface area contributed by atoms with Crippen LogP contribution in [0.5, 0.6) is 0 Å². The van der Waals surface area contributed by atoms with E-state index >= 15 is 0 Å². The van der Waals surface area contributed by atoms with Gasteiger partial charge in [0.05, 0.1) is 13.2 Å². The second-order valence-corrected chi connectivity index (χ2v) is 4.17. The van der Waals surface area contributed by atoms with Crippen LogP contribution in [0.2, 0.25) is 0 Å². The molecule has 1 aliphatic heterocycles. The lowest BCUT2D eigenvalue weighted by Crippen LogP contribution is -2.30. The van der Waals surface area contributed by atoms with E-state index in [1.54, 1.807) is 0 Å². The highest BCUT2D eigenvalue weighted by molar-refractivity contribution is 5.82. The van der Waals surface area contributed by atoms with E-state index in [0.29, 0.717) is 13.0 Å². The lowest BCUT2D eigenvalue weighted by molar-refractivity contribution is -0.134. The number of methoxy groups -OCH3 is 1. The number of nitrogens with zero attached hydrogens (tertiary/aromatic N) is 1. The Morgan fingerprint density at radius 3 is 2.89 bits per heavy atom. The largest absolute Gasteiger partial charge is 0.466 e. The molecule has 1 aromatic rings. The third-order valence-corrected chi connectivity index (χ3v) is 2.89. The summed E-state index contributed by atoms with van der Waals surface area (Å²) in [7, 11) is 1.29. The number of cyclic esters (lactones) is 1. The van der Waals surface area contributed by atoms with Crippen molar-refractivity contribution in [2.75, 3.05) is 13.7 Å². The number of hydrogen-bond donors (Lipinski definition) is 0. The van der Waals surface area contributed by atoms with Gasteiger partial charge in [0.1, 0.15) is 6.61 Å². The summed E-state index contributed by atoms with van der Waals surface area (Å²) < 4.78 is 9.49. The second kappa shape index (κ2) is 6.04. The fourth-order valence-corrected chi connectivity index (χ4v) is 1.91. The van der Waals surface area contributed by atoms with Crippen LogP contribution < -0.4 is 0 Å². The number of ether oxygens (including phenoxy) is 2. The zero-order chi connectivity index (χ0) is 13.7. The Bertz CT molecular complexity index is 483. The molecule has 0 bridgehead atoms. The summed E-state index contributed by atoms with van der Waals surface area (Å²) in [4.78, 5) is 24.0. The molecule has 0 spiro atoms. The molecule has 0 N–H and O–H groups in total. The van der Waals surface area contributed by atoms with Gasteiger partial charge in [-0.2, -0.15) is 0 Å². The van der Waals surface area contributed by atoms with Crippen molar-refractivity contribution in [3.8, 4) is 0 Å². The monoisotopic (exact) mass is 261 g/mol. The predicted octanol–water partition coefficient (Wildman–Crippen LogP) is 1.74. The summed E-state index contributed by atoms with van der Waals surface area (Å²) in [5, 5.41) is 0. The van der Waals surface area contributed by atoms with Crippen molar-refractivity contribution >= 4 is 12.1 Å². The highest BCUT2D eigenvalue weighted by Gasteiger charge is 2.31. The van der Waals surface area contributed by atoms with Crippen molar-refractivity contribution in [2.24, 2.45) is 0 Å². The van der Waals surface area contributed by atoms with E-state index in [-0.39, 0.29) is 6.04 Å². The lowest BCUT2D eigenvalue weighted by Gasteiger charge is -2.16. The molecule has 0 radical (unpaired) electrons. The first-order valence-electron chi connectivity index (χ1n) is 5.96. The summed E-state index contributed by atoms with van der Waals surface area (Å²) in [6.07, 6.45) is 2.86. The van der Waals surface area contributed by atoms with Crippen LogP contribution in [-0.4, -0.2) is 36.7 Å². The first kappa shape index (κ1) is 13.1. The Morgan fingerprint density at radius 1 is 1.47 bits per heavy atom. The van der Waals surface area contributed by atoms with Gasteiger partial charge >= 0.3 is 12.1 Å². The molecule has 1 atom stereocenters. The molecule has 2 rings (SSSR count). The van der Waals surface area contributed by atoms with Crippen molar-refractivity contribution in [1.82, 2.24) is 4.90 Å². The number of carbonyl (C=O) groups is 2. The minimum Gasteiger partial charge on any atom is -0.466 e. The standard InChI is InChI=1S/C14H15NO4/c1-18-13(16)7-8-15-12(10-19-14(15)17)9-11-5-3-2-4-6-11/h2-8,12H,9-10H2,1H3/b8-7+/t12-/m1/s1. The van der Waals surface area contributed by atoms with E-state index < -0.39 is 12.1 Å². The Hall–Kier alpha value is -2.30. The van der Waals surface area contributed by atoms with Gasteiger partial charge < -0.3 is 9.47 Å². The van der Waals surface area contributed by atoms with E-state index in [0.717, 1.165) is 5.56 Å². The van der Waals surface area contributed by atoms with Crippen LogP contribution in [0, 0.1) is 0 Å². The fraction of sp³-hybridized carbons (Fsp3) is 0.286. The minimum absolute atomic E-state index is 0.101. The number of rotatable bonds is 4. The smallest absolute Gasteiger partial charge is 0.414 e. The fourth-order valence-electron chi connectivity index (χ4n) is 1.91. The molecule has 5 nitrogen and oxygen atoms in total. The summed E-state index contributed by atoms with van der Waals surface area (Å²) in [6, 6.07) is 9.71. The van der Waals surface area contributed by atoms with Gasteiger partial charge in [0, 0.05) is 12.3 Å². The maximum atomic E-state index is 11.6. The van der Waals surface area contributed by atoms with Gasteiger partial charge in [-0.3, -0.25) is 4.90 Å². The van der Waals surface area contributed by atoms with Gasteiger partial charge in [-0.25, -0.2) is 9.59 Å². The number of benzene rings is 1. The molecule has 1 amide bonds. The van der Waals surface area contributed by atoms with Crippen molar-refractivity contribution in [1.29, 1.82) is 0 Å². The Balaban J connectivity index is 2.05. The van der Waals surface area contributed by atoms with Crippen LogP contribution in [0.25, 0.3) is 0 Å². The Labute approximate surface area is 111 Å². The topological polar surface area (TPSA) is 55.8 Å². The molecule has 1 saturated heterocycles. The first-order chi connectivity index (χ1) is 9.20. The molecule has 0 unspecified atom stereocenters. The highest BCUT2D eigenvalue weighted by atomic mass is 16.6. The number of hydrogen-bond acceptors (Lipinski definition) is 4. The van der Waals surface area contributed by atoms with Crippen molar-refractivity contribution in [3.05, 3.63) is 48.2 Å². The molecule has 1 aliphatic rings. The van der Waals surface area contributed by atoms with Crippen LogP contribution in [0.1, 0.15) is 5.56 Å². The van der Waals surface area contributed by atoms with Gasteiger partial charge in [-0.1, -0.05) is 30.3 Å². The molecule has 1 fully saturated rings. The van der Waals surface area contributed by atoms with Gasteiger partial charge in [0.25, 0.3) is 0 Å². The zero-order valence-electron chi connectivity index (χ0n) is 10.6. The molecular weight excluding hydrogens is 246 g/mol. The van der Waals surface area contributed by atoms with E-state index in [2.05, 4.69) is 4.74 Å². The molecule has 5 heteroatoms. The summed E-state index contributed by atoms with van der Waals surface area (Å²) in [5.41, 5.74) is 1.11. The molecule has 0 saturated carbocycles. The molecule has 1 heterocycles. The summed E-state index contributed by atoms with van der Waals surface area (Å²) >= 11 is 0. The molecule has 1 aromatic carbocycles. The van der Waals surface area contributed by atoms with Crippen LogP contribution in [0.4, 0.5) is 4.79 Å². The third kappa shape index (κ3) is 3.34. The summed E-state index contributed by atoms with van der Waals surface area (Å²) in [5.74, 6) is -0.502. The molecule has 0 aromatic heterocycles. The average Bonchev–Trinajstić information content (AvgIpc) is 2.78. The van der Waals surface area contributed by atoms with Crippen LogP contribution >= 0.6 is 0 Å². The second-order valence-electron chi connectivity index (χ2n) is 4.17. The van der Waals surface area contributed by atoms with Gasteiger partial charge in [0.15, 0.2) is 0 Å². The first-order valence-corrected chi connectivity index (χ1v) is 5.96. The van der Waals surface area contributed by atoms with Gasteiger partial charge in [-0.15, -0.1) is 0 Å². The van der Waals surface area contributed by atoms with E-state index in [4.69, 9.17) is 4.74 Å². The minimum atomic E-state index is -0.502. The van der Waals surface area contributed by atoms with Crippen LogP contribution in [0.3, 0.4) is 0 Å². The Kier molecular flexibility index (Phi) is 4.18. The van der Waals surface area contributed by atoms with E-state index in [9.17, 15) is 9.59 Å². The predicted molar refractivity (Wildman–Crippen MR) is 68.3 cm³/mol. The van der Waals surface area contributed by atoms with Crippen LogP contribution in [0.15, 0.2) is 42.6 Å². The van der Waals surface area contributed by atoms with Crippen molar-refractivity contribution in [2.45, 2.75) is 12.5 Å². The van der Waals surface area contributed by atoms with Gasteiger partial charge in [0.2, 0.25) is 0 Å². The summed E-state index contributed by atoms with van der Waals surface area (Å²) in [6.45, 7) is 0.319. The highest BCUT2D eigenvalue weighted by Crippen LogP contribution is 2.17. The number of esters is 1. The molecule has 19 heavy (non-hydrogen) atoms. The third-order valence-electron chi connectivity index (χ3n) is 2.89. The van der Waals surface area contributed by atoms with Crippen molar-refractivity contribution < 1.29 is 19.1 Å². The van der Waals surface area contributed by atoms with Crippen LogP contribution in [-0.2, 0) is 20.7 Å². The SMILES string of the molecule is COC(=O)/C=C/N1C(=O)OC[C@H]1Cc1ccccc1. The number of amides is 1. The lowest BCUT2D eigenvalue weighted by atomic mass is 10.1. The maximum absolute atomic E-state index is 11.6. The Morgan fingerprint density at radius 2 is 2.21 bits per heavy atom.